The van der Waals surface area contributed by atoms with Gasteiger partial charge in [-0.2, -0.15) is 0 Å². The molecule has 23 heavy (non-hydrogen) atoms. The fourth-order valence-electron chi connectivity index (χ4n) is 1.97. The van der Waals surface area contributed by atoms with Gasteiger partial charge in [0.2, 0.25) is 0 Å². The van der Waals surface area contributed by atoms with Crippen molar-refractivity contribution in [2.75, 3.05) is 25.5 Å². The third kappa shape index (κ3) is 4.51. The summed E-state index contributed by atoms with van der Waals surface area (Å²) in [6, 6.07) is 4.72. The minimum absolute atomic E-state index is 0.269. The fraction of sp³-hybridized carbons (Fsp3) is 0.438. The van der Waals surface area contributed by atoms with Crippen LogP contribution in [0.15, 0.2) is 24.5 Å². The summed E-state index contributed by atoms with van der Waals surface area (Å²) in [5, 5.41) is 3.70. The molecule has 0 atom stereocenters. The second-order valence-electron chi connectivity index (χ2n) is 6.19. The molecule has 0 saturated carbocycles. The zero-order chi connectivity index (χ0) is 17.0. The average Bonchev–Trinajstić information content (AvgIpc) is 2.46. The van der Waals surface area contributed by atoms with Crippen LogP contribution in [0.1, 0.15) is 20.8 Å². The standard InChI is InChI=1S/C16H21FN4O2/c1-16(2,3)23-15(22)21(4)9-8-18-14-11-6-5-7-12(17)13(11)19-10-20-14/h5-7,10H,8-9H2,1-4H3,(H,18,19,20). The molecule has 1 N–H and O–H groups in total. The number of fused-ring (bicyclic) bond motifs is 1. The summed E-state index contributed by atoms with van der Waals surface area (Å²) in [5.74, 6) is 0.144. The van der Waals surface area contributed by atoms with Gasteiger partial charge >= 0.3 is 6.09 Å². The number of hydrogen-bond donors (Lipinski definition) is 1. The van der Waals surface area contributed by atoms with Gasteiger partial charge in [0.05, 0.1) is 0 Å². The number of nitrogens with one attached hydrogen (secondary N) is 1. The zero-order valence-corrected chi connectivity index (χ0v) is 13.8. The van der Waals surface area contributed by atoms with Crippen LogP contribution < -0.4 is 5.32 Å². The number of ether oxygens (including phenoxy) is 1. The highest BCUT2D eigenvalue weighted by molar-refractivity contribution is 5.89. The number of halogens is 1. The molecule has 1 amide bonds. The van der Waals surface area contributed by atoms with Crippen molar-refractivity contribution in [1.82, 2.24) is 14.9 Å². The largest absolute Gasteiger partial charge is 0.444 e. The third-order valence-electron chi connectivity index (χ3n) is 3.06. The first-order valence-electron chi connectivity index (χ1n) is 7.35. The molecule has 0 aliphatic heterocycles. The number of para-hydroxylation sites is 1. The van der Waals surface area contributed by atoms with Crippen molar-refractivity contribution in [3.63, 3.8) is 0 Å². The van der Waals surface area contributed by atoms with Crippen molar-refractivity contribution < 1.29 is 13.9 Å². The number of carbonyl (C=O) groups excluding carboxylic acids is 1. The molecule has 2 aromatic rings. The van der Waals surface area contributed by atoms with Crippen LogP contribution >= 0.6 is 0 Å². The van der Waals surface area contributed by atoms with Crippen molar-refractivity contribution in [2.24, 2.45) is 0 Å². The smallest absolute Gasteiger partial charge is 0.410 e. The Balaban J connectivity index is 1.97. The Kier molecular flexibility index (Phi) is 4.98. The second-order valence-corrected chi connectivity index (χ2v) is 6.19. The number of benzene rings is 1. The van der Waals surface area contributed by atoms with Crippen LogP contribution in [0.25, 0.3) is 10.9 Å². The van der Waals surface area contributed by atoms with Gasteiger partial charge in [0.1, 0.15) is 29.1 Å². The lowest BCUT2D eigenvalue weighted by Crippen LogP contribution is -2.36. The lowest BCUT2D eigenvalue weighted by molar-refractivity contribution is 0.0305. The monoisotopic (exact) mass is 320 g/mol. The Morgan fingerprint density at radius 3 is 2.78 bits per heavy atom. The highest BCUT2D eigenvalue weighted by Gasteiger charge is 2.19. The van der Waals surface area contributed by atoms with Crippen LogP contribution in [0.4, 0.5) is 15.0 Å². The molecule has 0 fully saturated rings. The van der Waals surface area contributed by atoms with Gasteiger partial charge in [0.25, 0.3) is 0 Å². The molecule has 7 heteroatoms. The van der Waals surface area contributed by atoms with E-state index >= 15 is 0 Å². The molecular weight excluding hydrogens is 299 g/mol. The molecule has 0 aliphatic rings. The fourth-order valence-corrected chi connectivity index (χ4v) is 1.97. The number of nitrogens with zero attached hydrogens (tertiary/aromatic N) is 3. The maximum absolute atomic E-state index is 13.7. The second kappa shape index (κ2) is 6.76. The summed E-state index contributed by atoms with van der Waals surface area (Å²) >= 11 is 0. The van der Waals surface area contributed by atoms with Gasteiger partial charge in [0, 0.05) is 25.5 Å². The van der Waals surface area contributed by atoms with Crippen molar-refractivity contribution in [2.45, 2.75) is 26.4 Å². The summed E-state index contributed by atoms with van der Waals surface area (Å²) in [7, 11) is 1.66. The maximum Gasteiger partial charge on any atom is 0.410 e. The minimum Gasteiger partial charge on any atom is -0.444 e. The first kappa shape index (κ1) is 16.9. The van der Waals surface area contributed by atoms with Crippen LogP contribution in [0.3, 0.4) is 0 Å². The topological polar surface area (TPSA) is 67.3 Å². The van der Waals surface area contributed by atoms with Crippen LogP contribution in [0.2, 0.25) is 0 Å². The number of aromatic nitrogens is 2. The number of likely N-dealkylation sites (N-methyl/N-ethyl adjacent to an activating group) is 1. The maximum atomic E-state index is 13.7. The zero-order valence-electron chi connectivity index (χ0n) is 13.8. The van der Waals surface area contributed by atoms with E-state index in [1.54, 1.807) is 19.2 Å². The molecule has 124 valence electrons. The highest BCUT2D eigenvalue weighted by Crippen LogP contribution is 2.20. The van der Waals surface area contributed by atoms with Gasteiger partial charge in [-0.3, -0.25) is 0 Å². The van der Waals surface area contributed by atoms with Gasteiger partial charge in [-0.1, -0.05) is 6.07 Å². The first-order chi connectivity index (χ1) is 10.8. The van der Waals surface area contributed by atoms with E-state index in [-0.39, 0.29) is 11.3 Å². The van der Waals surface area contributed by atoms with E-state index in [9.17, 15) is 9.18 Å². The molecule has 1 heterocycles. The lowest BCUT2D eigenvalue weighted by atomic mass is 10.2. The van der Waals surface area contributed by atoms with Crippen LogP contribution in [-0.4, -0.2) is 46.7 Å². The molecular formula is C16H21FN4O2. The molecule has 6 nitrogen and oxygen atoms in total. The number of amides is 1. The predicted octanol–water partition coefficient (Wildman–Crippen LogP) is 3.05. The van der Waals surface area contributed by atoms with E-state index in [1.165, 1.54) is 17.3 Å². The first-order valence-corrected chi connectivity index (χ1v) is 7.35. The summed E-state index contributed by atoms with van der Waals surface area (Å²) in [6.07, 6.45) is 0.920. The Morgan fingerprint density at radius 1 is 1.35 bits per heavy atom. The number of anilines is 1. The number of carbonyl (C=O) groups is 1. The quantitative estimate of drug-likeness (QED) is 0.938. The van der Waals surface area contributed by atoms with Gasteiger partial charge < -0.3 is 15.0 Å². The van der Waals surface area contributed by atoms with Crippen LogP contribution in [0, 0.1) is 5.82 Å². The van der Waals surface area contributed by atoms with E-state index in [2.05, 4.69) is 15.3 Å². The van der Waals surface area contributed by atoms with Crippen LogP contribution in [0.5, 0.6) is 0 Å². The minimum atomic E-state index is -0.529. The normalized spacial score (nSPS) is 11.3. The van der Waals surface area contributed by atoms with Gasteiger partial charge in [-0.25, -0.2) is 19.2 Å². The Hall–Kier alpha value is -2.44. The number of rotatable bonds is 4. The van der Waals surface area contributed by atoms with E-state index in [1.807, 2.05) is 20.8 Å². The third-order valence-corrected chi connectivity index (χ3v) is 3.06. The van der Waals surface area contributed by atoms with Gasteiger partial charge in [-0.05, 0) is 32.9 Å². The van der Waals surface area contributed by atoms with E-state index in [4.69, 9.17) is 4.74 Å². The Labute approximate surface area is 134 Å². The molecule has 0 aliphatic carbocycles. The molecule has 2 rings (SSSR count). The Bertz CT molecular complexity index is 700. The van der Waals surface area contributed by atoms with E-state index in [0.29, 0.717) is 24.3 Å². The molecule has 0 saturated heterocycles. The molecule has 0 bridgehead atoms. The summed E-state index contributed by atoms with van der Waals surface area (Å²) in [5.41, 5.74) is -0.260. The SMILES string of the molecule is CN(CCNc1ncnc2c(F)cccc12)C(=O)OC(C)(C)C. The summed E-state index contributed by atoms with van der Waals surface area (Å²) in [6.45, 7) is 6.34. The molecule has 0 radical (unpaired) electrons. The van der Waals surface area contributed by atoms with Gasteiger partial charge in [0.15, 0.2) is 0 Å². The number of hydrogen-bond acceptors (Lipinski definition) is 5. The van der Waals surface area contributed by atoms with Crippen molar-refractivity contribution in [3.05, 3.63) is 30.3 Å². The van der Waals surface area contributed by atoms with E-state index < -0.39 is 11.7 Å². The van der Waals surface area contributed by atoms with Gasteiger partial charge in [-0.15, -0.1) is 0 Å². The predicted molar refractivity (Wildman–Crippen MR) is 86.8 cm³/mol. The van der Waals surface area contributed by atoms with Crippen LogP contribution in [-0.2, 0) is 4.74 Å². The highest BCUT2D eigenvalue weighted by atomic mass is 19.1. The average molecular weight is 320 g/mol. The molecule has 1 aromatic carbocycles. The summed E-state index contributed by atoms with van der Waals surface area (Å²) in [4.78, 5) is 21.4. The molecule has 0 unspecified atom stereocenters. The molecule has 1 aromatic heterocycles. The lowest BCUT2D eigenvalue weighted by Gasteiger charge is -2.24. The summed E-state index contributed by atoms with van der Waals surface area (Å²) < 4.78 is 19.0. The van der Waals surface area contributed by atoms with Crippen molar-refractivity contribution in [1.29, 1.82) is 0 Å². The van der Waals surface area contributed by atoms with Crippen molar-refractivity contribution in [3.8, 4) is 0 Å². The Morgan fingerprint density at radius 2 is 2.09 bits per heavy atom. The van der Waals surface area contributed by atoms with E-state index in [0.717, 1.165) is 0 Å². The molecule has 0 spiro atoms. The van der Waals surface area contributed by atoms with Crippen molar-refractivity contribution >= 4 is 22.8 Å².